The summed E-state index contributed by atoms with van der Waals surface area (Å²) >= 11 is 0. The van der Waals surface area contributed by atoms with Crippen molar-refractivity contribution in [3.63, 3.8) is 0 Å². The van der Waals surface area contributed by atoms with Gasteiger partial charge in [0.1, 0.15) is 17.8 Å². The average molecular weight is 789 g/mol. The van der Waals surface area contributed by atoms with Crippen molar-refractivity contribution in [2.24, 2.45) is 11.5 Å². The number of nitrogens with zero attached hydrogens (tertiary/aromatic N) is 3. The Labute approximate surface area is 328 Å². The molecule has 0 saturated heterocycles. The van der Waals surface area contributed by atoms with Gasteiger partial charge in [-0.2, -0.15) is 0 Å². The van der Waals surface area contributed by atoms with Crippen LogP contribution in [0.25, 0.3) is 0 Å². The molecule has 1 aromatic carbocycles. The second kappa shape index (κ2) is 26.4. The summed E-state index contributed by atoms with van der Waals surface area (Å²) in [6.45, 7) is 7.77. The van der Waals surface area contributed by atoms with E-state index in [9.17, 15) is 33.6 Å². The Kier molecular flexibility index (Phi) is 22.0. The van der Waals surface area contributed by atoms with Gasteiger partial charge in [-0.15, -0.1) is 5.53 Å². The Hall–Kier alpha value is -5.47. The van der Waals surface area contributed by atoms with Crippen molar-refractivity contribution < 1.29 is 38.3 Å². The molecule has 0 saturated carbocycles. The number of para-hydroxylation sites is 1. The number of carbonyl (C=O) groups excluding carboxylic acids is 7. The van der Waals surface area contributed by atoms with E-state index < -0.39 is 66.5 Å². The summed E-state index contributed by atoms with van der Waals surface area (Å²) in [5, 5.41) is 14.4. The van der Waals surface area contributed by atoms with Crippen LogP contribution in [0.5, 0.6) is 5.75 Å². The average Bonchev–Trinajstić information content (AvgIpc) is 3.63. The summed E-state index contributed by atoms with van der Waals surface area (Å²) in [6.07, 6.45) is 4.00. The van der Waals surface area contributed by atoms with Gasteiger partial charge in [-0.3, -0.25) is 38.6 Å². The molecule has 0 bridgehead atoms. The van der Waals surface area contributed by atoms with Gasteiger partial charge in [0.05, 0.1) is 31.9 Å². The number of nitrogens with two attached hydrogens (primary N) is 2. The Morgan fingerprint density at radius 1 is 0.875 bits per heavy atom. The van der Waals surface area contributed by atoms with Gasteiger partial charge in [0.15, 0.2) is 6.61 Å². The number of rotatable bonds is 28. The maximum absolute atomic E-state index is 13.2. The second-order valence-corrected chi connectivity index (χ2v) is 13.0. The Morgan fingerprint density at radius 2 is 1.57 bits per heavy atom. The van der Waals surface area contributed by atoms with Crippen LogP contribution in [0.3, 0.4) is 0 Å². The van der Waals surface area contributed by atoms with Crippen molar-refractivity contribution in [3.05, 3.63) is 42.2 Å². The normalized spacial score (nSPS) is 13.1. The van der Waals surface area contributed by atoms with Crippen molar-refractivity contribution >= 4 is 41.4 Å². The lowest BCUT2D eigenvalue weighted by Crippen LogP contribution is -2.52. The van der Waals surface area contributed by atoms with E-state index in [1.807, 2.05) is 6.07 Å². The van der Waals surface area contributed by atoms with E-state index in [4.69, 9.17) is 16.2 Å². The molecular formula is C36H60N12O8. The van der Waals surface area contributed by atoms with E-state index in [1.165, 1.54) is 11.8 Å². The van der Waals surface area contributed by atoms with Crippen LogP contribution in [0, 0.1) is 0 Å². The molecule has 56 heavy (non-hydrogen) atoms. The van der Waals surface area contributed by atoms with E-state index in [1.54, 1.807) is 35.5 Å². The maximum atomic E-state index is 13.2. The number of nitrogens with one attached hydrogen (secondary N) is 7. The van der Waals surface area contributed by atoms with Gasteiger partial charge < -0.3 is 58.0 Å². The molecule has 0 aromatic heterocycles. The molecule has 1 aliphatic heterocycles. The molecule has 1 heterocycles. The zero-order chi connectivity index (χ0) is 41.3. The molecule has 312 valence electrons. The lowest BCUT2D eigenvalue weighted by atomic mass is 10.1. The monoisotopic (exact) mass is 788 g/mol. The molecule has 11 N–H and O–H groups in total. The van der Waals surface area contributed by atoms with Gasteiger partial charge in [0, 0.05) is 25.7 Å². The third kappa shape index (κ3) is 19.2. The lowest BCUT2D eigenvalue weighted by molar-refractivity contribution is -0.135. The first-order valence-corrected chi connectivity index (χ1v) is 18.9. The predicted octanol–water partition coefficient (Wildman–Crippen LogP) is -2.87. The van der Waals surface area contributed by atoms with Gasteiger partial charge >= 0.3 is 0 Å². The predicted molar refractivity (Wildman–Crippen MR) is 207 cm³/mol. The van der Waals surface area contributed by atoms with E-state index >= 15 is 0 Å². The number of amides is 7. The highest BCUT2D eigenvalue weighted by molar-refractivity contribution is 5.93. The zero-order valence-electron chi connectivity index (χ0n) is 32.7. The fourth-order valence-electron chi connectivity index (χ4n) is 5.38. The lowest BCUT2D eigenvalue weighted by Gasteiger charge is -2.22. The first kappa shape index (κ1) is 46.7. The number of unbranched alkanes of at least 4 members (excludes halogenated alkanes) is 1. The molecule has 0 spiro atoms. The van der Waals surface area contributed by atoms with Crippen molar-refractivity contribution in [1.82, 2.24) is 52.4 Å². The highest BCUT2D eigenvalue weighted by Gasteiger charge is 2.24. The summed E-state index contributed by atoms with van der Waals surface area (Å²) in [4.78, 5) is 91.5. The smallest absolute Gasteiger partial charge is 0.258 e. The van der Waals surface area contributed by atoms with Crippen molar-refractivity contribution in [3.8, 4) is 5.75 Å². The summed E-state index contributed by atoms with van der Waals surface area (Å²) < 4.78 is 5.38. The summed E-state index contributed by atoms with van der Waals surface area (Å²) in [5.74, 6) is -3.58. The van der Waals surface area contributed by atoms with Gasteiger partial charge in [0.2, 0.25) is 35.4 Å². The largest absolute Gasteiger partial charge is 0.484 e. The van der Waals surface area contributed by atoms with Crippen LogP contribution < -0.4 is 53.7 Å². The zero-order valence-corrected chi connectivity index (χ0v) is 32.7. The molecule has 0 aliphatic carbocycles. The van der Waals surface area contributed by atoms with Crippen molar-refractivity contribution in [1.29, 1.82) is 0 Å². The van der Waals surface area contributed by atoms with Crippen molar-refractivity contribution in [2.75, 3.05) is 72.1 Å². The first-order chi connectivity index (χ1) is 26.8. The summed E-state index contributed by atoms with van der Waals surface area (Å²) in [6, 6.07) is 6.74. The number of hydrogen-bond acceptors (Lipinski definition) is 13. The standard InChI is InChI=1S/C36H60N12O8/c1-4-46(5-2)18-10-9-14-29(43-32(51)21-40-35(54)26(3)42-33(52)25-56-28-12-7-6-8-13-28)36(55)41-20-31(50)39-17-15-34(53)47(24-30(38)49)22-27-23-48(45-44-27)19-11-16-37/h6-8,12-13,23,26,29,44-45H,4-5,9-11,14-22,24-25,37H2,1-3H3,(H2,38,49)(H,39,50)(H,40,54)(H,41,55)(H,42,52)(H,43,51)/t26-,29-/m0/s1. The van der Waals surface area contributed by atoms with Crippen LogP contribution in [0.4, 0.5) is 0 Å². The van der Waals surface area contributed by atoms with E-state index in [-0.39, 0.29) is 39.1 Å². The number of hydrazine groups is 2. The topological polar surface area (TPSA) is 275 Å². The molecule has 0 unspecified atom stereocenters. The van der Waals surface area contributed by atoms with Gasteiger partial charge in [-0.1, -0.05) is 32.0 Å². The third-order valence-electron chi connectivity index (χ3n) is 8.49. The molecule has 1 aromatic rings. The number of ether oxygens (including phenoxy) is 1. The number of primary amides is 1. The van der Waals surface area contributed by atoms with E-state index in [2.05, 4.69) is 56.3 Å². The highest BCUT2D eigenvalue weighted by Crippen LogP contribution is 2.08. The van der Waals surface area contributed by atoms with E-state index in [0.29, 0.717) is 31.0 Å². The molecule has 20 heteroatoms. The van der Waals surface area contributed by atoms with Crippen LogP contribution >= 0.6 is 0 Å². The molecule has 7 amide bonds. The molecule has 1 aliphatic rings. The maximum Gasteiger partial charge on any atom is 0.258 e. The van der Waals surface area contributed by atoms with Crippen LogP contribution in [0.1, 0.15) is 52.9 Å². The molecule has 0 fully saturated rings. The summed E-state index contributed by atoms with van der Waals surface area (Å²) in [7, 11) is 0. The van der Waals surface area contributed by atoms with Crippen LogP contribution in [-0.4, -0.2) is 140 Å². The Balaban J connectivity index is 1.85. The number of hydrogen-bond donors (Lipinski definition) is 9. The van der Waals surface area contributed by atoms with Crippen LogP contribution in [-0.2, 0) is 33.6 Å². The summed E-state index contributed by atoms with van der Waals surface area (Å²) in [5.41, 5.74) is 17.4. The quantitative estimate of drug-likeness (QED) is 0.0387. The molecule has 0 radical (unpaired) electrons. The minimum absolute atomic E-state index is 0.0691. The van der Waals surface area contributed by atoms with Crippen LogP contribution in [0.15, 0.2) is 42.2 Å². The Morgan fingerprint density at radius 3 is 2.25 bits per heavy atom. The minimum Gasteiger partial charge on any atom is -0.484 e. The fraction of sp³-hybridized carbons (Fsp3) is 0.583. The molecule has 20 nitrogen and oxygen atoms in total. The molecule has 2 rings (SSSR count). The number of benzene rings is 1. The second-order valence-electron chi connectivity index (χ2n) is 13.0. The molecular weight excluding hydrogens is 728 g/mol. The van der Waals surface area contributed by atoms with Gasteiger partial charge in [0.25, 0.3) is 5.91 Å². The van der Waals surface area contributed by atoms with Gasteiger partial charge in [-0.05, 0) is 70.9 Å². The minimum atomic E-state index is -1.00. The molecule has 2 atom stereocenters. The Bertz CT molecular complexity index is 1460. The fourth-order valence-corrected chi connectivity index (χ4v) is 5.38. The van der Waals surface area contributed by atoms with E-state index in [0.717, 1.165) is 32.5 Å². The highest BCUT2D eigenvalue weighted by atomic mass is 16.5. The SMILES string of the molecule is CCN(CC)CCCC[C@H](NC(=O)CNC(=O)[C@H](C)NC(=O)COc1ccccc1)C(=O)NCC(=O)NCCC(=O)N(CC(N)=O)CC1=CN(CCCN)NN1. The third-order valence-corrected chi connectivity index (χ3v) is 8.49. The van der Waals surface area contributed by atoms with Crippen molar-refractivity contribution in [2.45, 2.75) is 65.0 Å². The first-order valence-electron chi connectivity index (χ1n) is 18.9. The van der Waals surface area contributed by atoms with Crippen LogP contribution in [0.2, 0.25) is 0 Å². The van der Waals surface area contributed by atoms with Gasteiger partial charge in [-0.25, -0.2) is 0 Å². The number of carbonyl (C=O) groups is 7.